The third kappa shape index (κ3) is 4.71. The monoisotopic (exact) mass is 351 g/mol. The molecule has 5 nitrogen and oxygen atoms in total. The SMILES string of the molecule is Cl.O=C(NCC(=O)N1CCC(C2CCCN2)CC1)c1ccccc1. The zero-order valence-electron chi connectivity index (χ0n) is 13.9. The molecule has 1 aromatic rings. The van der Waals surface area contributed by atoms with E-state index in [-0.39, 0.29) is 30.8 Å². The quantitative estimate of drug-likeness (QED) is 0.870. The lowest BCUT2D eigenvalue weighted by molar-refractivity contribution is -0.131. The topological polar surface area (TPSA) is 61.4 Å². The Bertz CT molecular complexity index is 538. The lowest BCUT2D eigenvalue weighted by atomic mass is 9.88. The van der Waals surface area contributed by atoms with Crippen molar-refractivity contribution >= 4 is 24.2 Å². The average molecular weight is 352 g/mol. The van der Waals surface area contributed by atoms with Crippen molar-refractivity contribution in [1.82, 2.24) is 15.5 Å². The summed E-state index contributed by atoms with van der Waals surface area (Å²) in [5.74, 6) is 0.525. The number of likely N-dealkylation sites (tertiary alicyclic amines) is 1. The molecule has 3 rings (SSSR count). The number of halogens is 1. The van der Waals surface area contributed by atoms with Gasteiger partial charge < -0.3 is 15.5 Å². The molecule has 2 aliphatic heterocycles. The Labute approximate surface area is 149 Å². The van der Waals surface area contributed by atoms with Crippen molar-refractivity contribution in [2.45, 2.75) is 31.7 Å². The zero-order chi connectivity index (χ0) is 16.1. The van der Waals surface area contributed by atoms with E-state index in [0.717, 1.165) is 32.5 Å². The maximum Gasteiger partial charge on any atom is 0.251 e. The van der Waals surface area contributed by atoms with Crippen LogP contribution in [0.5, 0.6) is 0 Å². The first-order chi connectivity index (χ1) is 11.2. The lowest BCUT2D eigenvalue weighted by Gasteiger charge is -2.35. The smallest absolute Gasteiger partial charge is 0.251 e. The van der Waals surface area contributed by atoms with Crippen molar-refractivity contribution < 1.29 is 9.59 Å². The number of nitrogens with one attached hydrogen (secondary N) is 2. The van der Waals surface area contributed by atoms with Gasteiger partial charge in [0.2, 0.25) is 5.91 Å². The molecular formula is C18H26ClN3O2. The normalized spacial score (nSPS) is 21.2. The third-order valence-electron chi connectivity index (χ3n) is 5.00. The highest BCUT2D eigenvalue weighted by Crippen LogP contribution is 2.25. The molecule has 0 saturated carbocycles. The zero-order valence-corrected chi connectivity index (χ0v) is 14.7. The number of nitrogens with zero attached hydrogens (tertiary/aromatic N) is 1. The van der Waals surface area contributed by atoms with Crippen molar-refractivity contribution in [3.8, 4) is 0 Å². The Hall–Kier alpha value is -1.59. The van der Waals surface area contributed by atoms with Crippen molar-refractivity contribution in [2.24, 2.45) is 5.92 Å². The summed E-state index contributed by atoms with van der Waals surface area (Å²) in [6.07, 6.45) is 4.67. The highest BCUT2D eigenvalue weighted by atomic mass is 35.5. The Morgan fingerprint density at radius 2 is 1.83 bits per heavy atom. The molecular weight excluding hydrogens is 326 g/mol. The molecule has 2 N–H and O–H groups in total. The number of piperidine rings is 1. The number of benzene rings is 1. The Kier molecular flexibility index (Phi) is 7.06. The van der Waals surface area contributed by atoms with E-state index in [2.05, 4.69) is 10.6 Å². The average Bonchev–Trinajstić information content (AvgIpc) is 3.15. The van der Waals surface area contributed by atoms with Crippen LogP contribution in [0.15, 0.2) is 30.3 Å². The summed E-state index contributed by atoms with van der Waals surface area (Å²) in [6.45, 7) is 2.83. The van der Waals surface area contributed by atoms with Crippen molar-refractivity contribution in [3.05, 3.63) is 35.9 Å². The van der Waals surface area contributed by atoms with E-state index < -0.39 is 0 Å². The number of hydrogen-bond acceptors (Lipinski definition) is 3. The molecule has 24 heavy (non-hydrogen) atoms. The molecule has 0 radical (unpaired) electrons. The standard InChI is InChI=1S/C18H25N3O2.ClH/c22-17(13-20-18(23)15-5-2-1-3-6-15)21-11-8-14(9-12-21)16-7-4-10-19-16;/h1-3,5-6,14,16,19H,4,7-13H2,(H,20,23);1H. The van der Waals surface area contributed by atoms with Gasteiger partial charge in [-0.2, -0.15) is 0 Å². The van der Waals surface area contributed by atoms with Gasteiger partial charge in [-0.15, -0.1) is 12.4 Å². The van der Waals surface area contributed by atoms with Crippen LogP contribution in [0.25, 0.3) is 0 Å². The molecule has 1 unspecified atom stereocenters. The molecule has 2 fully saturated rings. The van der Waals surface area contributed by atoms with Crippen LogP contribution in [0, 0.1) is 5.92 Å². The predicted octanol–water partition coefficient (Wildman–Crippen LogP) is 1.83. The Balaban J connectivity index is 0.00000208. The summed E-state index contributed by atoms with van der Waals surface area (Å²) in [5, 5.41) is 6.29. The van der Waals surface area contributed by atoms with Crippen LogP contribution in [0.3, 0.4) is 0 Å². The van der Waals surface area contributed by atoms with Crippen LogP contribution in [-0.2, 0) is 4.79 Å². The fourth-order valence-electron chi connectivity index (χ4n) is 3.62. The van der Waals surface area contributed by atoms with E-state index in [1.54, 1.807) is 12.1 Å². The number of carbonyl (C=O) groups excluding carboxylic acids is 2. The van der Waals surface area contributed by atoms with E-state index in [0.29, 0.717) is 17.5 Å². The van der Waals surface area contributed by atoms with Gasteiger partial charge in [-0.05, 0) is 50.3 Å². The van der Waals surface area contributed by atoms with Crippen LogP contribution in [0.4, 0.5) is 0 Å². The highest BCUT2D eigenvalue weighted by Gasteiger charge is 2.29. The van der Waals surface area contributed by atoms with Crippen LogP contribution in [0.2, 0.25) is 0 Å². The van der Waals surface area contributed by atoms with Crippen LogP contribution in [-0.4, -0.2) is 48.9 Å². The summed E-state index contributed by atoms with van der Waals surface area (Å²) in [5.41, 5.74) is 0.589. The molecule has 0 aromatic heterocycles. The first-order valence-corrected chi connectivity index (χ1v) is 8.58. The second kappa shape index (κ2) is 9.04. The second-order valence-corrected chi connectivity index (χ2v) is 6.47. The van der Waals surface area contributed by atoms with Gasteiger partial charge in [-0.1, -0.05) is 18.2 Å². The maximum atomic E-state index is 12.3. The summed E-state index contributed by atoms with van der Waals surface area (Å²) >= 11 is 0. The summed E-state index contributed by atoms with van der Waals surface area (Å²) in [6, 6.07) is 9.65. The largest absolute Gasteiger partial charge is 0.343 e. The van der Waals surface area contributed by atoms with Gasteiger partial charge >= 0.3 is 0 Å². The Morgan fingerprint density at radius 1 is 1.12 bits per heavy atom. The van der Waals surface area contributed by atoms with Gasteiger partial charge in [-0.3, -0.25) is 9.59 Å². The molecule has 6 heteroatoms. The minimum absolute atomic E-state index is 0. The minimum Gasteiger partial charge on any atom is -0.343 e. The lowest BCUT2D eigenvalue weighted by Crippen LogP contribution is -2.46. The van der Waals surface area contributed by atoms with Crippen LogP contribution >= 0.6 is 12.4 Å². The molecule has 2 aliphatic rings. The Morgan fingerprint density at radius 3 is 2.46 bits per heavy atom. The van der Waals surface area contributed by atoms with E-state index in [1.807, 2.05) is 23.1 Å². The van der Waals surface area contributed by atoms with Crippen molar-refractivity contribution in [3.63, 3.8) is 0 Å². The molecule has 0 spiro atoms. The second-order valence-electron chi connectivity index (χ2n) is 6.47. The molecule has 2 amide bonds. The molecule has 2 saturated heterocycles. The fraction of sp³-hybridized carbons (Fsp3) is 0.556. The molecule has 132 valence electrons. The van der Waals surface area contributed by atoms with E-state index in [1.165, 1.54) is 12.8 Å². The summed E-state index contributed by atoms with van der Waals surface area (Å²) in [7, 11) is 0. The van der Waals surface area contributed by atoms with Crippen LogP contribution in [0.1, 0.15) is 36.0 Å². The molecule has 1 aromatic carbocycles. The number of rotatable bonds is 4. The van der Waals surface area contributed by atoms with Gasteiger partial charge in [0, 0.05) is 24.7 Å². The summed E-state index contributed by atoms with van der Waals surface area (Å²) < 4.78 is 0. The molecule has 2 heterocycles. The van der Waals surface area contributed by atoms with E-state index in [9.17, 15) is 9.59 Å². The molecule has 0 aliphatic carbocycles. The highest BCUT2D eigenvalue weighted by molar-refractivity contribution is 5.96. The van der Waals surface area contributed by atoms with Gasteiger partial charge in [0.1, 0.15) is 0 Å². The van der Waals surface area contributed by atoms with Gasteiger partial charge in [0.15, 0.2) is 0 Å². The minimum atomic E-state index is -0.191. The van der Waals surface area contributed by atoms with Gasteiger partial charge in [-0.25, -0.2) is 0 Å². The maximum absolute atomic E-state index is 12.3. The van der Waals surface area contributed by atoms with Gasteiger partial charge in [0.05, 0.1) is 6.54 Å². The first-order valence-electron chi connectivity index (χ1n) is 8.58. The van der Waals surface area contributed by atoms with E-state index >= 15 is 0 Å². The molecule has 0 bridgehead atoms. The van der Waals surface area contributed by atoms with Crippen LogP contribution < -0.4 is 10.6 Å². The number of hydrogen-bond donors (Lipinski definition) is 2. The summed E-state index contributed by atoms with van der Waals surface area (Å²) in [4.78, 5) is 26.1. The molecule has 1 atom stereocenters. The van der Waals surface area contributed by atoms with E-state index in [4.69, 9.17) is 0 Å². The third-order valence-corrected chi connectivity index (χ3v) is 5.00. The number of amides is 2. The van der Waals surface area contributed by atoms with Crippen molar-refractivity contribution in [1.29, 1.82) is 0 Å². The fourth-order valence-corrected chi connectivity index (χ4v) is 3.62. The number of carbonyl (C=O) groups is 2. The predicted molar refractivity (Wildman–Crippen MR) is 96.4 cm³/mol. The van der Waals surface area contributed by atoms with Gasteiger partial charge in [0.25, 0.3) is 5.91 Å². The van der Waals surface area contributed by atoms with Crippen molar-refractivity contribution in [2.75, 3.05) is 26.2 Å². The first kappa shape index (κ1) is 18.7.